The minimum absolute atomic E-state index is 0.340. The normalized spacial score (nSPS) is 19.5. The van der Waals surface area contributed by atoms with Gasteiger partial charge >= 0.3 is 0 Å². The molecule has 1 aliphatic heterocycles. The smallest absolute Gasteiger partial charge is 0.119 e. The molecular weight excluding hydrogens is 302 g/mol. The van der Waals surface area contributed by atoms with Crippen molar-refractivity contribution in [2.24, 2.45) is 13.0 Å². The Morgan fingerprint density at radius 1 is 1.33 bits per heavy atom. The van der Waals surface area contributed by atoms with E-state index in [9.17, 15) is 5.11 Å². The van der Waals surface area contributed by atoms with Gasteiger partial charge in [-0.25, -0.2) is 0 Å². The molecule has 1 aromatic heterocycles. The number of aromatic nitrogens is 2. The molecule has 2 heterocycles. The predicted molar refractivity (Wildman–Crippen MR) is 94.1 cm³/mol. The summed E-state index contributed by atoms with van der Waals surface area (Å²) in [5.41, 5.74) is 2.51. The second kappa shape index (κ2) is 7.81. The zero-order chi connectivity index (χ0) is 16.9. The van der Waals surface area contributed by atoms with E-state index in [1.165, 1.54) is 17.5 Å². The van der Waals surface area contributed by atoms with Gasteiger partial charge in [0, 0.05) is 26.3 Å². The Bertz CT molecular complexity index is 638. The number of likely N-dealkylation sites (tertiary alicyclic amines) is 1. The SMILES string of the molecule is Cc1ccc(OCC(O)CN2CCC(Cc3cnn(C)c3)C2)cc1. The third-order valence-electron chi connectivity index (χ3n) is 4.59. The summed E-state index contributed by atoms with van der Waals surface area (Å²) in [6, 6.07) is 7.93. The van der Waals surface area contributed by atoms with Gasteiger partial charge in [0.15, 0.2) is 0 Å². The Hall–Kier alpha value is -1.85. The molecule has 0 saturated carbocycles. The molecule has 1 aliphatic rings. The van der Waals surface area contributed by atoms with Crippen LogP contribution in [0.3, 0.4) is 0 Å². The fourth-order valence-corrected chi connectivity index (χ4v) is 3.33. The highest BCUT2D eigenvalue weighted by molar-refractivity contribution is 5.26. The lowest BCUT2D eigenvalue weighted by Crippen LogP contribution is -2.34. The number of hydrogen-bond donors (Lipinski definition) is 1. The predicted octanol–water partition coefficient (Wildman–Crippen LogP) is 2.03. The maximum Gasteiger partial charge on any atom is 0.119 e. The van der Waals surface area contributed by atoms with E-state index < -0.39 is 6.10 Å². The van der Waals surface area contributed by atoms with E-state index in [2.05, 4.69) is 16.2 Å². The molecular formula is C19H27N3O2. The summed E-state index contributed by atoms with van der Waals surface area (Å²) in [5.74, 6) is 1.47. The lowest BCUT2D eigenvalue weighted by atomic mass is 10.0. The molecule has 2 unspecified atom stereocenters. The molecule has 5 nitrogen and oxygen atoms in total. The maximum atomic E-state index is 10.2. The van der Waals surface area contributed by atoms with Crippen LogP contribution >= 0.6 is 0 Å². The average Bonchev–Trinajstić information content (AvgIpc) is 3.16. The van der Waals surface area contributed by atoms with Gasteiger partial charge in [0.2, 0.25) is 0 Å². The standard InChI is InChI=1S/C19H27N3O2/c1-15-3-5-19(6-4-15)24-14-18(23)13-22-8-7-16(12-22)9-17-10-20-21(2)11-17/h3-6,10-11,16,18,23H,7-9,12-14H2,1-2H3. The molecule has 0 bridgehead atoms. The Morgan fingerprint density at radius 3 is 2.83 bits per heavy atom. The quantitative estimate of drug-likeness (QED) is 0.844. The topological polar surface area (TPSA) is 50.5 Å². The molecule has 5 heteroatoms. The lowest BCUT2D eigenvalue weighted by Gasteiger charge is -2.20. The molecule has 130 valence electrons. The summed E-state index contributed by atoms with van der Waals surface area (Å²) in [6.45, 7) is 5.15. The van der Waals surface area contributed by atoms with E-state index in [1.54, 1.807) is 0 Å². The van der Waals surface area contributed by atoms with Crippen molar-refractivity contribution in [1.29, 1.82) is 0 Å². The second-order valence-corrected chi connectivity index (χ2v) is 6.92. The van der Waals surface area contributed by atoms with Crippen molar-refractivity contribution in [2.45, 2.75) is 25.9 Å². The maximum absolute atomic E-state index is 10.2. The van der Waals surface area contributed by atoms with E-state index in [1.807, 2.05) is 49.1 Å². The van der Waals surface area contributed by atoms with Crippen molar-refractivity contribution in [3.63, 3.8) is 0 Å². The van der Waals surface area contributed by atoms with E-state index in [0.29, 0.717) is 19.1 Å². The highest BCUT2D eigenvalue weighted by Crippen LogP contribution is 2.21. The summed E-state index contributed by atoms with van der Waals surface area (Å²) in [7, 11) is 1.95. The number of aryl methyl sites for hydroxylation is 2. The largest absolute Gasteiger partial charge is 0.491 e. The first-order valence-electron chi connectivity index (χ1n) is 8.66. The molecule has 0 amide bonds. The average molecular weight is 329 g/mol. The second-order valence-electron chi connectivity index (χ2n) is 6.92. The van der Waals surface area contributed by atoms with Crippen LogP contribution in [0.25, 0.3) is 0 Å². The summed E-state index contributed by atoms with van der Waals surface area (Å²) in [6.07, 6.45) is 5.84. The van der Waals surface area contributed by atoms with Gasteiger partial charge in [-0.3, -0.25) is 4.68 Å². The van der Waals surface area contributed by atoms with Crippen molar-refractivity contribution in [2.75, 3.05) is 26.2 Å². The molecule has 0 radical (unpaired) electrons. The van der Waals surface area contributed by atoms with Gasteiger partial charge in [-0.2, -0.15) is 5.10 Å². The van der Waals surface area contributed by atoms with Gasteiger partial charge in [-0.05, 0) is 49.9 Å². The molecule has 2 atom stereocenters. The molecule has 1 aromatic carbocycles. The molecule has 1 saturated heterocycles. The van der Waals surface area contributed by atoms with Crippen LogP contribution in [0.4, 0.5) is 0 Å². The molecule has 24 heavy (non-hydrogen) atoms. The molecule has 2 aromatic rings. The van der Waals surface area contributed by atoms with E-state index in [-0.39, 0.29) is 0 Å². The van der Waals surface area contributed by atoms with Crippen LogP contribution in [0.2, 0.25) is 0 Å². The molecule has 1 fully saturated rings. The first-order chi connectivity index (χ1) is 11.6. The van der Waals surface area contributed by atoms with Gasteiger partial charge in [-0.1, -0.05) is 17.7 Å². The van der Waals surface area contributed by atoms with E-state index >= 15 is 0 Å². The van der Waals surface area contributed by atoms with Crippen molar-refractivity contribution in [1.82, 2.24) is 14.7 Å². The van der Waals surface area contributed by atoms with Gasteiger partial charge in [0.25, 0.3) is 0 Å². The zero-order valence-electron chi connectivity index (χ0n) is 14.6. The van der Waals surface area contributed by atoms with Crippen LogP contribution in [0.5, 0.6) is 5.75 Å². The Kier molecular flexibility index (Phi) is 5.53. The lowest BCUT2D eigenvalue weighted by molar-refractivity contribution is 0.0747. The summed E-state index contributed by atoms with van der Waals surface area (Å²) < 4.78 is 7.53. The molecule has 1 N–H and O–H groups in total. The molecule has 3 rings (SSSR count). The summed E-state index contributed by atoms with van der Waals surface area (Å²) in [4.78, 5) is 2.34. The van der Waals surface area contributed by atoms with Crippen molar-refractivity contribution < 1.29 is 9.84 Å². The summed E-state index contributed by atoms with van der Waals surface area (Å²) >= 11 is 0. The van der Waals surface area contributed by atoms with Crippen LogP contribution in [-0.4, -0.2) is 52.1 Å². The number of rotatable bonds is 7. The number of β-amino-alcohol motifs (C(OH)–C–C–N with tert-alkyl or cyclic N) is 1. The Labute approximate surface area is 143 Å². The Morgan fingerprint density at radius 2 is 2.12 bits per heavy atom. The number of benzene rings is 1. The number of hydrogen-bond acceptors (Lipinski definition) is 4. The number of aliphatic hydroxyl groups is 1. The van der Waals surface area contributed by atoms with Crippen LogP contribution in [-0.2, 0) is 13.5 Å². The van der Waals surface area contributed by atoms with Crippen LogP contribution < -0.4 is 4.74 Å². The fourth-order valence-electron chi connectivity index (χ4n) is 3.33. The summed E-state index contributed by atoms with van der Waals surface area (Å²) in [5, 5.41) is 14.5. The molecule has 0 aliphatic carbocycles. The van der Waals surface area contributed by atoms with Gasteiger partial charge in [0.1, 0.15) is 18.5 Å². The van der Waals surface area contributed by atoms with Crippen molar-refractivity contribution in [3.8, 4) is 5.75 Å². The van der Waals surface area contributed by atoms with Crippen LogP contribution in [0, 0.1) is 12.8 Å². The minimum atomic E-state index is -0.455. The fraction of sp³-hybridized carbons (Fsp3) is 0.526. The highest BCUT2D eigenvalue weighted by atomic mass is 16.5. The Balaban J connectivity index is 1.39. The van der Waals surface area contributed by atoms with Gasteiger partial charge in [0.05, 0.1) is 6.20 Å². The van der Waals surface area contributed by atoms with E-state index in [4.69, 9.17) is 4.74 Å². The first kappa shape index (κ1) is 17.0. The highest BCUT2D eigenvalue weighted by Gasteiger charge is 2.24. The zero-order valence-corrected chi connectivity index (χ0v) is 14.6. The van der Waals surface area contributed by atoms with Crippen molar-refractivity contribution >= 4 is 0 Å². The third-order valence-corrected chi connectivity index (χ3v) is 4.59. The number of ether oxygens (including phenoxy) is 1. The monoisotopic (exact) mass is 329 g/mol. The van der Waals surface area contributed by atoms with Gasteiger partial charge in [-0.15, -0.1) is 0 Å². The first-order valence-corrected chi connectivity index (χ1v) is 8.66. The van der Waals surface area contributed by atoms with Crippen molar-refractivity contribution in [3.05, 3.63) is 47.8 Å². The number of aliphatic hydroxyl groups excluding tert-OH is 1. The van der Waals surface area contributed by atoms with E-state index in [0.717, 1.165) is 25.3 Å². The van der Waals surface area contributed by atoms with Crippen LogP contribution in [0.1, 0.15) is 17.5 Å². The number of nitrogens with zero attached hydrogens (tertiary/aromatic N) is 3. The van der Waals surface area contributed by atoms with Crippen LogP contribution in [0.15, 0.2) is 36.7 Å². The molecule has 0 spiro atoms. The van der Waals surface area contributed by atoms with Gasteiger partial charge < -0.3 is 14.7 Å². The minimum Gasteiger partial charge on any atom is -0.491 e. The third kappa shape index (κ3) is 4.82.